The van der Waals surface area contributed by atoms with Crippen molar-refractivity contribution < 1.29 is 111 Å². The molecular formula is C68H160NO25RfSi12-. The van der Waals surface area contributed by atoms with Crippen LogP contribution in [0.1, 0.15) is 103 Å². The van der Waals surface area contributed by atoms with Crippen LogP contribution >= 0.6 is 0 Å². The normalized spacial score (nSPS) is 13.8. The SMILES string of the molecule is [CH2-]N(C(=O)C(CCC[Si](C)(CCC[Si](OC)(OC)OC)CCC[Si](OC)(OC)OC)CCC[Si](C)(CCC[Si](OC)(OC)OC)CCC[Si](OC)(OC)OC)C(CCC[Si](C)(CCC[Si](OC)(OC)OC)CCC[Si](OC)(OC)OC)CCC[Si](C)(CCC[Si](OC)(OC)OC)CCC[Si](OC)(OC)OC.[Rf]. The van der Waals surface area contributed by atoms with E-state index in [0.29, 0.717) is 0 Å². The van der Waals surface area contributed by atoms with E-state index in [2.05, 4.69) is 26.2 Å². The van der Waals surface area contributed by atoms with E-state index in [9.17, 15) is 0 Å². The van der Waals surface area contributed by atoms with Gasteiger partial charge >= 0.3 is 70.4 Å². The van der Waals surface area contributed by atoms with Gasteiger partial charge in [-0.15, -0.1) is 0 Å². The zero-order chi connectivity index (χ0) is 80.7. The van der Waals surface area contributed by atoms with Gasteiger partial charge in [-0.25, -0.2) is 0 Å². The second-order valence-corrected chi connectivity index (χ2v) is 75.4. The Labute approximate surface area is 659 Å². The molecular weight excluding hydrogens is 1830 g/mol. The molecule has 26 nitrogen and oxygen atoms in total. The minimum atomic E-state index is -2.84. The molecule has 0 fully saturated rings. The smallest absolute Gasteiger partial charge is 0.493 e. The molecule has 0 aliphatic carbocycles. The Hall–Kier alpha value is 0.113. The number of nitrogens with zero attached hydrogens (tertiary/aromatic N) is 1. The summed E-state index contributed by atoms with van der Waals surface area (Å²) in [5.74, 6) is -0.0962. The van der Waals surface area contributed by atoms with Crippen LogP contribution in [0.4, 0.5) is 0 Å². The Kier molecular flexibility index (Phi) is 57.6. The topological polar surface area (TPSA) is 242 Å². The number of hydrogen-bond donors (Lipinski definition) is 0. The van der Waals surface area contributed by atoms with E-state index in [1.165, 1.54) is 0 Å². The molecule has 0 saturated heterocycles. The summed E-state index contributed by atoms with van der Waals surface area (Å²) in [5, 5.41) is 0. The summed E-state index contributed by atoms with van der Waals surface area (Å²) in [6.45, 7) is 10.2. The van der Waals surface area contributed by atoms with Gasteiger partial charge in [-0.05, 0) is 25.7 Å². The van der Waals surface area contributed by atoms with Gasteiger partial charge in [0.1, 0.15) is 0 Å². The maximum Gasteiger partial charge on any atom is 0.500 e. The van der Waals surface area contributed by atoms with Gasteiger partial charge in [0.2, 0.25) is 0 Å². The van der Waals surface area contributed by atoms with Gasteiger partial charge < -0.3 is 111 Å². The van der Waals surface area contributed by atoms with Crippen molar-refractivity contribution in [1.82, 2.24) is 4.90 Å². The largest absolute Gasteiger partial charge is 0.500 e. The van der Waals surface area contributed by atoms with Crippen LogP contribution in [0.3, 0.4) is 0 Å². The number of amides is 1. The van der Waals surface area contributed by atoms with Gasteiger partial charge in [-0.3, -0.25) is 11.8 Å². The van der Waals surface area contributed by atoms with Gasteiger partial charge in [-0.2, -0.15) is 0 Å². The summed E-state index contributed by atoms with van der Waals surface area (Å²) in [6, 6.07) is 18.4. The molecule has 0 N–H and O–H groups in total. The number of rotatable bonds is 74. The Balaban J connectivity index is 0. The Bertz CT molecular complexity index is 1900. The van der Waals surface area contributed by atoms with Crippen molar-refractivity contribution in [2.75, 3.05) is 171 Å². The molecule has 0 bridgehead atoms. The summed E-state index contributed by atoms with van der Waals surface area (Å²) in [6.07, 6.45) is 14.3. The van der Waals surface area contributed by atoms with Gasteiger partial charge in [0.05, 0.1) is 32.3 Å². The van der Waals surface area contributed by atoms with E-state index in [0.717, 1.165) is 224 Å². The third-order valence-corrected chi connectivity index (χ3v) is 65.3. The van der Waals surface area contributed by atoms with Crippen molar-refractivity contribution >= 4 is 109 Å². The van der Waals surface area contributed by atoms with Crippen molar-refractivity contribution in [3.8, 4) is 0 Å². The number of hydrogen-bond acceptors (Lipinski definition) is 25. The second-order valence-electron chi connectivity index (χ2n) is 30.2. The Morgan fingerprint density at radius 2 is 0.346 bits per heavy atom. The van der Waals surface area contributed by atoms with Crippen molar-refractivity contribution in [2.24, 2.45) is 5.92 Å². The maximum absolute atomic E-state index is 16.4. The van der Waals surface area contributed by atoms with Gasteiger partial charge in [0.15, 0.2) is 5.91 Å². The van der Waals surface area contributed by atoms with Crippen LogP contribution in [0.5, 0.6) is 0 Å². The molecule has 0 aliphatic rings. The third kappa shape index (κ3) is 37.1. The minimum absolute atomic E-state index is 0. The molecule has 0 saturated carbocycles. The molecule has 0 atom stereocenters. The van der Waals surface area contributed by atoms with E-state index >= 15 is 4.79 Å². The third-order valence-electron chi connectivity index (χ3n) is 23.9. The molecule has 638 valence electrons. The van der Waals surface area contributed by atoms with Gasteiger partial charge in [0, 0.05) is 231 Å². The first-order chi connectivity index (χ1) is 50.3. The van der Waals surface area contributed by atoms with Crippen molar-refractivity contribution in [2.45, 2.75) is 256 Å². The summed E-state index contributed by atoms with van der Waals surface area (Å²) in [5.41, 5.74) is 0. The minimum Gasteiger partial charge on any atom is -0.493 e. The summed E-state index contributed by atoms with van der Waals surface area (Å²) in [7, 11) is 14.7. The fourth-order valence-corrected chi connectivity index (χ4v) is 48.2. The van der Waals surface area contributed by atoms with E-state index in [1.54, 1.807) is 171 Å². The van der Waals surface area contributed by atoms with Crippen molar-refractivity contribution in [1.29, 1.82) is 0 Å². The van der Waals surface area contributed by atoms with Crippen molar-refractivity contribution in [3.63, 3.8) is 0 Å². The predicted octanol–water partition coefficient (Wildman–Crippen LogP) is 15.2. The van der Waals surface area contributed by atoms with E-state index in [4.69, 9.17) is 113 Å². The van der Waals surface area contributed by atoms with E-state index in [1.807, 2.05) is 4.90 Å². The maximum atomic E-state index is 16.4. The molecule has 0 aromatic carbocycles. The van der Waals surface area contributed by atoms with Crippen LogP contribution in [0, 0.1) is 13.0 Å². The standard InChI is InChI=1S/C68H160NO25Si12.Rf/c1-69(67(44-32-48-97(28,54-38-62-103(83-14,84-15)85-16)55-39-63-104(86-17,87-18)88-19)45-33-49-98(29,56-40-64-105(89-20,90-21)91-22)57-41-65-106(92-23,93-24)94-25)68(70)66(42-30-46-95(26,50-34-58-99(71-2,72-3)73-4)51-35-59-100(74-5,75-6)76-7)43-31-47-96(27,52-36-60-101(77-8,78-9)79-10)53-37-61-102(80-11,81-12)82-13;/h66-67H,1,30-65H2,2-29H3;/q-1;. The molecule has 39 heteroatoms. The zero-order valence-corrected chi connectivity index (χ0v) is 91.6. The van der Waals surface area contributed by atoms with Gasteiger partial charge in [0.25, 0.3) is 0 Å². The molecule has 0 aromatic rings. The number of carbonyl (C=O) groups is 1. The van der Waals surface area contributed by atoms with Crippen LogP contribution < -0.4 is 0 Å². The van der Waals surface area contributed by atoms with Crippen molar-refractivity contribution in [3.05, 3.63) is 7.05 Å². The first-order valence-electron chi connectivity index (χ1n) is 38.7. The van der Waals surface area contributed by atoms with Crippen LogP contribution in [-0.2, 0) is 111 Å². The molecule has 0 rings (SSSR count). The summed E-state index contributed by atoms with van der Waals surface area (Å²) in [4.78, 5) is 18.3. The fraction of sp³-hybridized carbons (Fsp3) is 0.971. The first kappa shape index (κ1) is 109. The molecule has 0 heterocycles. The first-order valence-corrected chi connectivity index (χ1v) is 66.6. The van der Waals surface area contributed by atoms with E-state index < -0.39 is 103 Å². The number of carbonyl (C=O) groups excluding carboxylic acids is 1. The Morgan fingerprint density at radius 1 is 0.224 bits per heavy atom. The van der Waals surface area contributed by atoms with Crippen LogP contribution in [0.15, 0.2) is 0 Å². The molecule has 0 unspecified atom stereocenters. The van der Waals surface area contributed by atoms with Crippen LogP contribution in [0.2, 0.25) is 147 Å². The summed E-state index contributed by atoms with van der Waals surface area (Å²) < 4.78 is 143. The average Bonchev–Trinajstić information content (AvgIpc) is 0.835. The van der Waals surface area contributed by atoms with Gasteiger partial charge in [-0.1, -0.05) is 176 Å². The quantitative estimate of drug-likeness (QED) is 0.0406. The molecule has 0 aliphatic heterocycles. The second kappa shape index (κ2) is 56.5. The molecule has 0 radical (unpaired) electrons. The van der Waals surface area contributed by atoms with Crippen LogP contribution in [-0.4, -0.2) is 290 Å². The molecule has 0 spiro atoms. The monoisotopic (exact) mass is 1990 g/mol. The molecule has 107 heavy (non-hydrogen) atoms. The zero-order valence-electron chi connectivity index (χ0n) is 73.2. The predicted molar refractivity (Wildman–Crippen MR) is 450 cm³/mol. The average molecular weight is 2000 g/mol. The van der Waals surface area contributed by atoms with E-state index in [-0.39, 0.29) is 17.9 Å². The fourth-order valence-electron chi connectivity index (χ4n) is 16.1. The summed E-state index contributed by atoms with van der Waals surface area (Å²) >= 11 is 0. The molecule has 0 aromatic heterocycles. The Morgan fingerprint density at radius 3 is 0.477 bits per heavy atom. The van der Waals surface area contributed by atoms with Crippen LogP contribution in [0.25, 0.3) is 0 Å². The molecule has 1 amide bonds.